The van der Waals surface area contributed by atoms with E-state index in [9.17, 15) is 67.1 Å². The first-order valence-electron chi connectivity index (χ1n) is 33.1. The quantitative estimate of drug-likeness (QED) is 0.0311. The smallest absolute Gasteiger partial charge is 0.243 e. The number of primary amides is 13. The third-order valence-electron chi connectivity index (χ3n) is 7.92. The van der Waals surface area contributed by atoms with E-state index >= 15 is 0 Å². The van der Waals surface area contributed by atoms with E-state index in [0.717, 1.165) is 96.4 Å². The fraction of sp³-hybridized carbons (Fsp3) is 0.432. The Morgan fingerprint density at radius 3 is 0.343 bits per heavy atom. The zero-order valence-electron chi connectivity index (χ0n) is 64.1. The number of hydrogen-bond donors (Lipinski definition) is 14. The Balaban J connectivity index is -0.0000000683. The maximum atomic E-state index is 10.9. The maximum absolute atomic E-state index is 10.9. The van der Waals surface area contributed by atoms with Gasteiger partial charge in [0.25, 0.3) is 0 Å². The van der Waals surface area contributed by atoms with Gasteiger partial charge in [0.15, 0.2) is 0 Å². The molecule has 0 saturated heterocycles. The van der Waals surface area contributed by atoms with Gasteiger partial charge in [-0.3, -0.25) is 67.1 Å². The summed E-state index contributed by atoms with van der Waals surface area (Å²) in [6.45, 7) is 32.2. The van der Waals surface area contributed by atoms with Crippen molar-refractivity contribution in [1.82, 2.24) is 5.32 Å². The molecule has 0 unspecified atom stereocenters. The van der Waals surface area contributed by atoms with E-state index < -0.39 is 0 Å². The van der Waals surface area contributed by atoms with E-state index in [1.54, 1.807) is 85.1 Å². The molecule has 27 N–H and O–H groups in total. The maximum Gasteiger partial charge on any atom is 0.243 e. The molecule has 0 aliphatic rings. The van der Waals surface area contributed by atoms with E-state index in [1.807, 2.05) is 103 Å². The average Bonchev–Trinajstić information content (AvgIpc) is 1.94. The SMILES string of the molecule is CCC=CC(=O)NCC(C)C.CCC=CC(N)=O.CCC=CC(N)=O.CCC=CC(N)=O.CCC=CC(N)=O.CCC=CC(N)=O.CCC=CC(N)=O.CCC=CC(N)=O.CCC=CC(N)=O.CCC=CC(N)=O.CCC=CC(N)=O.CCC=CC(N)=O.CCC=CC(N)=O.CCC=CC(N)=O. The van der Waals surface area contributed by atoms with Crippen LogP contribution in [-0.4, -0.2) is 89.2 Å². The Labute approximate surface area is 610 Å². The van der Waals surface area contributed by atoms with Crippen molar-refractivity contribution in [3.63, 3.8) is 0 Å². The molecule has 0 heterocycles. The van der Waals surface area contributed by atoms with Crippen LogP contribution in [0.2, 0.25) is 0 Å². The van der Waals surface area contributed by atoms with Crippen molar-refractivity contribution >= 4 is 82.7 Å². The van der Waals surface area contributed by atoms with Gasteiger partial charge >= 0.3 is 0 Å². The molecule has 0 atom stereocenters. The van der Waals surface area contributed by atoms with Crippen LogP contribution in [0.15, 0.2) is 170 Å². The second-order valence-electron chi connectivity index (χ2n) is 18.7. The normalized spacial score (nSPS) is 9.97. The Kier molecular flexibility index (Phi) is 143. The number of carbonyl (C=O) groups excluding carboxylic acids is 14. The monoisotopic (exact) mass is 1440 g/mol. The van der Waals surface area contributed by atoms with Crippen LogP contribution in [0.4, 0.5) is 0 Å². The van der Waals surface area contributed by atoms with Crippen molar-refractivity contribution in [1.29, 1.82) is 0 Å². The molecule has 0 rings (SSSR count). The summed E-state index contributed by atoms with van der Waals surface area (Å²) in [6.07, 6.45) is 55.7. The summed E-state index contributed by atoms with van der Waals surface area (Å²) in [5.41, 5.74) is 61.8. The molecule has 0 spiro atoms. The van der Waals surface area contributed by atoms with Gasteiger partial charge < -0.3 is 79.9 Å². The summed E-state index contributed by atoms with van der Waals surface area (Å²) >= 11 is 0. The number of carbonyl (C=O) groups is 14. The van der Waals surface area contributed by atoms with E-state index in [1.165, 1.54) is 79.0 Å². The topological polar surface area (TPSA) is 589 Å². The molecule has 0 aromatic rings. The number of rotatable bonds is 30. The highest BCUT2D eigenvalue weighted by Gasteiger charge is 1.96. The minimum Gasteiger partial charge on any atom is -0.366 e. The third kappa shape index (κ3) is 276. The van der Waals surface area contributed by atoms with Crippen molar-refractivity contribution in [2.45, 2.75) is 201 Å². The van der Waals surface area contributed by atoms with E-state index in [2.05, 4.69) is 19.2 Å². The van der Waals surface area contributed by atoms with Crippen LogP contribution in [0.25, 0.3) is 0 Å². The van der Waals surface area contributed by atoms with Crippen LogP contribution in [0.5, 0.6) is 0 Å². The predicted octanol–water partition coefficient (Wildman–Crippen LogP) is 7.42. The van der Waals surface area contributed by atoms with Gasteiger partial charge in [0.2, 0.25) is 82.7 Å². The van der Waals surface area contributed by atoms with Gasteiger partial charge in [-0.15, -0.1) is 0 Å². The van der Waals surface area contributed by atoms with Crippen LogP contribution in [0.3, 0.4) is 0 Å². The fourth-order valence-corrected chi connectivity index (χ4v) is 3.63. The molecule has 0 fully saturated rings. The van der Waals surface area contributed by atoms with Gasteiger partial charge in [-0.2, -0.15) is 0 Å². The lowest BCUT2D eigenvalue weighted by Gasteiger charge is -2.03. The van der Waals surface area contributed by atoms with Crippen LogP contribution in [0, 0.1) is 5.92 Å². The lowest BCUT2D eigenvalue weighted by atomic mass is 10.2. The average molecular weight is 1440 g/mol. The van der Waals surface area contributed by atoms with Gasteiger partial charge in [-0.25, -0.2) is 0 Å². The second-order valence-corrected chi connectivity index (χ2v) is 18.7. The minimum absolute atomic E-state index is 0.0144. The fourth-order valence-electron chi connectivity index (χ4n) is 3.63. The van der Waals surface area contributed by atoms with Gasteiger partial charge in [0.05, 0.1) is 0 Å². The summed E-state index contributed by atoms with van der Waals surface area (Å²) in [5, 5.41) is 2.79. The third-order valence-corrected chi connectivity index (χ3v) is 7.92. The molecule has 102 heavy (non-hydrogen) atoms. The molecule has 0 bridgehead atoms. The molecular formula is C74H134N14O14. The largest absolute Gasteiger partial charge is 0.366 e. The Morgan fingerprint density at radius 1 is 0.196 bits per heavy atom. The molecule has 0 aliphatic carbocycles. The molecule has 14 amide bonds. The molecule has 28 nitrogen and oxygen atoms in total. The highest BCUT2D eigenvalue weighted by Crippen LogP contribution is 1.88. The Morgan fingerprint density at radius 2 is 0.284 bits per heavy atom. The van der Waals surface area contributed by atoms with Gasteiger partial charge in [0.1, 0.15) is 0 Å². The summed E-state index contributed by atoms with van der Waals surface area (Å²) in [6, 6.07) is 0. The predicted molar refractivity (Wildman–Crippen MR) is 419 cm³/mol. The minimum atomic E-state index is -0.373. The van der Waals surface area contributed by atoms with Crippen molar-refractivity contribution in [3.05, 3.63) is 170 Å². The zero-order chi connectivity index (χ0) is 82.8. The summed E-state index contributed by atoms with van der Waals surface area (Å²) < 4.78 is 0. The Hall–Kier alpha value is -11.1. The van der Waals surface area contributed by atoms with Crippen LogP contribution in [-0.2, 0) is 67.1 Å². The van der Waals surface area contributed by atoms with Crippen LogP contribution in [0.1, 0.15) is 201 Å². The molecule has 0 radical (unpaired) electrons. The first-order chi connectivity index (χ1) is 47.7. The summed E-state index contributed by atoms with van der Waals surface area (Å²) in [5.74, 6) is -4.32. The highest BCUT2D eigenvalue weighted by molar-refractivity contribution is 5.90. The number of allylic oxidation sites excluding steroid dienone is 14. The van der Waals surface area contributed by atoms with Gasteiger partial charge in [0, 0.05) is 6.54 Å². The van der Waals surface area contributed by atoms with E-state index in [-0.39, 0.29) is 82.7 Å². The first kappa shape index (κ1) is 124. The van der Waals surface area contributed by atoms with E-state index in [4.69, 9.17) is 74.5 Å². The van der Waals surface area contributed by atoms with Crippen molar-refractivity contribution in [2.75, 3.05) is 6.54 Å². The van der Waals surface area contributed by atoms with Crippen LogP contribution >= 0.6 is 0 Å². The molecule has 0 aromatic heterocycles. The standard InChI is InChI=1S/C9H17NO.13C5H9NO/c1-4-5-6-9(11)10-7-8(2)3;13*1-2-3-4-5(6)7/h5-6,8H,4,7H2,1-3H3,(H,10,11);13*3-4H,2H2,1H3,(H2,6,7). The van der Waals surface area contributed by atoms with Gasteiger partial charge in [-0.05, 0) is 181 Å². The molecular weight excluding hydrogens is 1310 g/mol. The second kappa shape index (κ2) is 117. The van der Waals surface area contributed by atoms with Crippen molar-refractivity contribution < 1.29 is 67.1 Å². The van der Waals surface area contributed by atoms with Crippen LogP contribution < -0.4 is 79.9 Å². The lowest BCUT2D eigenvalue weighted by Crippen LogP contribution is -2.25. The molecule has 28 heteroatoms. The molecule has 584 valence electrons. The first-order valence-corrected chi connectivity index (χ1v) is 33.1. The number of nitrogens with one attached hydrogen (secondary N) is 1. The number of nitrogens with two attached hydrogens (primary N) is 13. The summed E-state index contributed by atoms with van der Waals surface area (Å²) in [7, 11) is 0. The molecule has 0 aromatic carbocycles. The molecule has 0 aliphatic heterocycles. The highest BCUT2D eigenvalue weighted by atomic mass is 16.2. The number of hydrogen-bond acceptors (Lipinski definition) is 14. The van der Waals surface area contributed by atoms with Crippen molar-refractivity contribution in [3.8, 4) is 0 Å². The number of amides is 14. The van der Waals surface area contributed by atoms with Crippen molar-refractivity contribution in [2.24, 2.45) is 80.5 Å². The summed E-state index contributed by atoms with van der Waals surface area (Å²) in [4.78, 5) is 140. The van der Waals surface area contributed by atoms with Gasteiger partial charge in [-0.1, -0.05) is 196 Å². The molecule has 0 saturated carbocycles. The zero-order valence-corrected chi connectivity index (χ0v) is 64.1. The lowest BCUT2D eigenvalue weighted by molar-refractivity contribution is -0.117. The Bertz CT molecular complexity index is 2000. The van der Waals surface area contributed by atoms with E-state index in [0.29, 0.717) is 5.92 Å².